The number of rotatable bonds is 4. The molecule has 19 heavy (non-hydrogen) atoms. The Morgan fingerprint density at radius 1 is 1.47 bits per heavy atom. The molecule has 2 rings (SSSR count). The summed E-state index contributed by atoms with van der Waals surface area (Å²) in [6.45, 7) is 2.56. The van der Waals surface area contributed by atoms with Crippen LogP contribution in [0.2, 0.25) is 0 Å². The molecule has 1 amide bonds. The molecule has 2 unspecified atom stereocenters. The highest BCUT2D eigenvalue weighted by molar-refractivity contribution is 5.92. The molecule has 104 valence electrons. The first-order valence-corrected chi connectivity index (χ1v) is 6.98. The van der Waals surface area contributed by atoms with E-state index in [1.165, 1.54) is 0 Å². The van der Waals surface area contributed by atoms with E-state index in [1.54, 1.807) is 0 Å². The molecular formula is C15H22N2O2. The van der Waals surface area contributed by atoms with Gasteiger partial charge in [-0.1, -0.05) is 12.5 Å². The predicted octanol–water partition coefficient (Wildman–Crippen LogP) is 2.54. The van der Waals surface area contributed by atoms with E-state index in [1.807, 2.05) is 31.2 Å². The molecule has 3 N–H and O–H groups in total. The van der Waals surface area contributed by atoms with Crippen LogP contribution in [0.15, 0.2) is 24.3 Å². The highest BCUT2D eigenvalue weighted by Crippen LogP contribution is 2.25. The van der Waals surface area contributed by atoms with Gasteiger partial charge in [0, 0.05) is 23.7 Å². The van der Waals surface area contributed by atoms with Crippen molar-refractivity contribution in [2.45, 2.75) is 38.6 Å². The quantitative estimate of drug-likeness (QED) is 0.876. The van der Waals surface area contributed by atoms with Crippen molar-refractivity contribution < 1.29 is 9.53 Å². The predicted molar refractivity (Wildman–Crippen MR) is 76.2 cm³/mol. The molecule has 4 heteroatoms. The van der Waals surface area contributed by atoms with Crippen molar-refractivity contribution in [1.82, 2.24) is 0 Å². The minimum absolute atomic E-state index is 0.0412. The summed E-state index contributed by atoms with van der Waals surface area (Å²) in [5, 5.41) is 2.96. The van der Waals surface area contributed by atoms with Gasteiger partial charge in [-0.15, -0.1) is 0 Å². The molecule has 1 aromatic carbocycles. The van der Waals surface area contributed by atoms with Crippen molar-refractivity contribution >= 4 is 11.6 Å². The fourth-order valence-electron chi connectivity index (χ4n) is 2.54. The van der Waals surface area contributed by atoms with Crippen molar-refractivity contribution in [3.63, 3.8) is 0 Å². The van der Waals surface area contributed by atoms with Gasteiger partial charge in [-0.3, -0.25) is 4.79 Å². The Morgan fingerprint density at radius 2 is 2.32 bits per heavy atom. The van der Waals surface area contributed by atoms with Gasteiger partial charge in [0.05, 0.1) is 6.61 Å². The smallest absolute Gasteiger partial charge is 0.227 e. The van der Waals surface area contributed by atoms with Crippen molar-refractivity contribution in [3.8, 4) is 5.75 Å². The topological polar surface area (TPSA) is 64.3 Å². The van der Waals surface area contributed by atoms with Gasteiger partial charge in [-0.05, 0) is 38.3 Å². The lowest BCUT2D eigenvalue weighted by atomic mass is 9.85. The summed E-state index contributed by atoms with van der Waals surface area (Å²) in [6, 6.07) is 7.66. The standard InChI is InChI=1S/C15H22N2O2/c1-2-19-14-8-4-7-13(10-14)17-15(18)11-5-3-6-12(16)9-11/h4,7-8,10-12H,2-3,5-6,9,16H2,1H3,(H,17,18). The number of ether oxygens (including phenoxy) is 1. The molecule has 4 nitrogen and oxygen atoms in total. The third-order valence-electron chi connectivity index (χ3n) is 3.50. The second-order valence-corrected chi connectivity index (χ2v) is 5.07. The van der Waals surface area contributed by atoms with Crippen LogP contribution in [0, 0.1) is 5.92 Å². The number of hydrogen-bond donors (Lipinski definition) is 2. The average molecular weight is 262 g/mol. The second kappa shape index (κ2) is 6.57. The monoisotopic (exact) mass is 262 g/mol. The zero-order valence-corrected chi connectivity index (χ0v) is 11.4. The molecule has 1 aliphatic carbocycles. The highest BCUT2D eigenvalue weighted by Gasteiger charge is 2.25. The third-order valence-corrected chi connectivity index (χ3v) is 3.50. The second-order valence-electron chi connectivity index (χ2n) is 5.07. The van der Waals surface area contributed by atoms with Gasteiger partial charge in [-0.25, -0.2) is 0 Å². The largest absolute Gasteiger partial charge is 0.494 e. The number of benzene rings is 1. The fourth-order valence-corrected chi connectivity index (χ4v) is 2.54. The van der Waals surface area contributed by atoms with Crippen LogP contribution in [0.25, 0.3) is 0 Å². The summed E-state index contributed by atoms with van der Waals surface area (Å²) in [5.41, 5.74) is 6.71. The molecule has 0 radical (unpaired) electrons. The van der Waals surface area contributed by atoms with Crippen LogP contribution in [-0.2, 0) is 4.79 Å². The Balaban J connectivity index is 1.96. The number of carbonyl (C=O) groups excluding carboxylic acids is 1. The van der Waals surface area contributed by atoms with E-state index in [9.17, 15) is 4.79 Å². The normalized spacial score (nSPS) is 22.8. The molecule has 1 saturated carbocycles. The van der Waals surface area contributed by atoms with Crippen molar-refractivity contribution in [2.24, 2.45) is 11.7 Å². The summed E-state index contributed by atoms with van der Waals surface area (Å²) in [4.78, 5) is 12.2. The Hall–Kier alpha value is -1.55. The Morgan fingerprint density at radius 3 is 3.05 bits per heavy atom. The Kier molecular flexibility index (Phi) is 4.80. The molecule has 1 fully saturated rings. The van der Waals surface area contributed by atoms with Crippen molar-refractivity contribution in [1.29, 1.82) is 0 Å². The number of amides is 1. The van der Waals surface area contributed by atoms with Crippen LogP contribution in [0.5, 0.6) is 5.75 Å². The van der Waals surface area contributed by atoms with Gasteiger partial charge in [-0.2, -0.15) is 0 Å². The number of hydrogen-bond acceptors (Lipinski definition) is 3. The van der Waals surface area contributed by atoms with E-state index >= 15 is 0 Å². The lowest BCUT2D eigenvalue weighted by molar-refractivity contribution is -0.120. The zero-order chi connectivity index (χ0) is 13.7. The summed E-state index contributed by atoms with van der Waals surface area (Å²) in [6.07, 6.45) is 3.80. The fraction of sp³-hybridized carbons (Fsp3) is 0.533. The molecule has 2 atom stereocenters. The summed E-state index contributed by atoms with van der Waals surface area (Å²) < 4.78 is 5.42. The SMILES string of the molecule is CCOc1cccc(NC(=O)C2CCCC(N)C2)c1. The van der Waals surface area contributed by atoms with E-state index in [0.29, 0.717) is 6.61 Å². The van der Waals surface area contributed by atoms with E-state index in [4.69, 9.17) is 10.5 Å². The van der Waals surface area contributed by atoms with E-state index in [0.717, 1.165) is 37.1 Å². The molecule has 0 heterocycles. The number of anilines is 1. The van der Waals surface area contributed by atoms with Gasteiger partial charge in [0.2, 0.25) is 5.91 Å². The molecule has 0 aromatic heterocycles. The Bertz CT molecular complexity index is 434. The molecule has 0 bridgehead atoms. The van der Waals surface area contributed by atoms with Crippen LogP contribution >= 0.6 is 0 Å². The molecule has 0 spiro atoms. The number of nitrogens with two attached hydrogens (primary N) is 1. The van der Waals surface area contributed by atoms with E-state index in [-0.39, 0.29) is 17.9 Å². The molecule has 0 saturated heterocycles. The van der Waals surface area contributed by atoms with Crippen LogP contribution in [0.1, 0.15) is 32.6 Å². The van der Waals surface area contributed by atoms with Crippen LogP contribution in [0.3, 0.4) is 0 Å². The maximum Gasteiger partial charge on any atom is 0.227 e. The summed E-state index contributed by atoms with van der Waals surface area (Å²) in [5.74, 6) is 0.893. The number of carbonyl (C=O) groups is 1. The minimum atomic E-state index is 0.0412. The van der Waals surface area contributed by atoms with E-state index < -0.39 is 0 Å². The molecular weight excluding hydrogens is 240 g/mol. The van der Waals surface area contributed by atoms with Gasteiger partial charge in [0.25, 0.3) is 0 Å². The summed E-state index contributed by atoms with van der Waals surface area (Å²) in [7, 11) is 0. The van der Waals surface area contributed by atoms with Crippen molar-refractivity contribution in [2.75, 3.05) is 11.9 Å². The van der Waals surface area contributed by atoms with Crippen LogP contribution < -0.4 is 15.8 Å². The van der Waals surface area contributed by atoms with Gasteiger partial charge >= 0.3 is 0 Å². The maximum absolute atomic E-state index is 12.2. The summed E-state index contributed by atoms with van der Waals surface area (Å²) >= 11 is 0. The lowest BCUT2D eigenvalue weighted by Gasteiger charge is -2.25. The molecule has 1 aromatic rings. The van der Waals surface area contributed by atoms with E-state index in [2.05, 4.69) is 5.32 Å². The molecule has 1 aliphatic rings. The minimum Gasteiger partial charge on any atom is -0.494 e. The highest BCUT2D eigenvalue weighted by atomic mass is 16.5. The third kappa shape index (κ3) is 3.96. The van der Waals surface area contributed by atoms with Gasteiger partial charge in [0.1, 0.15) is 5.75 Å². The Labute approximate surface area is 114 Å². The van der Waals surface area contributed by atoms with Crippen LogP contribution in [-0.4, -0.2) is 18.6 Å². The first-order chi connectivity index (χ1) is 9.19. The van der Waals surface area contributed by atoms with Gasteiger partial charge in [0.15, 0.2) is 0 Å². The first-order valence-electron chi connectivity index (χ1n) is 6.98. The first kappa shape index (κ1) is 13.9. The lowest BCUT2D eigenvalue weighted by Crippen LogP contribution is -2.34. The van der Waals surface area contributed by atoms with Gasteiger partial charge < -0.3 is 15.8 Å². The average Bonchev–Trinajstić information content (AvgIpc) is 2.39. The van der Waals surface area contributed by atoms with Crippen LogP contribution in [0.4, 0.5) is 5.69 Å². The molecule has 0 aliphatic heterocycles. The maximum atomic E-state index is 12.2. The number of nitrogens with one attached hydrogen (secondary N) is 1. The zero-order valence-electron chi connectivity index (χ0n) is 11.4. The van der Waals surface area contributed by atoms with Crippen molar-refractivity contribution in [3.05, 3.63) is 24.3 Å².